The monoisotopic (exact) mass is 181 g/mol. The molecule has 0 atom stereocenters. The summed E-state index contributed by atoms with van der Waals surface area (Å²) in [5, 5.41) is 0. The van der Waals surface area contributed by atoms with Crippen molar-refractivity contribution in [3.05, 3.63) is 24.2 Å². The molecule has 0 radical (unpaired) electrons. The zero-order valence-electron chi connectivity index (χ0n) is 4.68. The standard InChI is InChI=1S/C5H5O.ClH.Zn/c1-5-3-2-4-6-5;;/h2-3H,1H3;1H;/q-1;;. The van der Waals surface area contributed by atoms with Crippen molar-refractivity contribution >= 4 is 12.4 Å². The fourth-order valence-corrected chi connectivity index (χ4v) is 0.312. The molecule has 3 heteroatoms. The van der Waals surface area contributed by atoms with E-state index in [0.29, 0.717) is 0 Å². The number of hydrogen-bond acceptors (Lipinski definition) is 1. The summed E-state index contributed by atoms with van der Waals surface area (Å²) in [5.41, 5.74) is 0. The third-order valence-electron chi connectivity index (χ3n) is 0.606. The topological polar surface area (TPSA) is 13.1 Å². The Hall–Kier alpha value is 0.193. The fourth-order valence-electron chi connectivity index (χ4n) is 0.312. The van der Waals surface area contributed by atoms with E-state index in [9.17, 15) is 0 Å². The minimum absolute atomic E-state index is 0. The summed E-state index contributed by atoms with van der Waals surface area (Å²) >= 11 is 0. The summed E-state index contributed by atoms with van der Waals surface area (Å²) in [6.45, 7) is 1.89. The SMILES string of the molecule is Cc1cc[c-]o1.Cl.[Zn]. The first kappa shape index (κ1) is 11.1. The number of hydrogen-bond donors (Lipinski definition) is 0. The second-order valence-electron chi connectivity index (χ2n) is 1.16. The van der Waals surface area contributed by atoms with Gasteiger partial charge in [0.15, 0.2) is 0 Å². The van der Waals surface area contributed by atoms with Crippen LogP contribution in [0.3, 0.4) is 0 Å². The van der Waals surface area contributed by atoms with E-state index in [0.717, 1.165) is 5.76 Å². The van der Waals surface area contributed by atoms with Gasteiger partial charge in [0, 0.05) is 19.5 Å². The molecule has 1 heterocycles. The smallest absolute Gasteiger partial charge is 0 e. The molecule has 0 aromatic carbocycles. The molecule has 0 spiro atoms. The predicted octanol–water partition coefficient (Wildman–Crippen LogP) is 1.81. The second-order valence-corrected chi connectivity index (χ2v) is 1.16. The first-order valence-electron chi connectivity index (χ1n) is 1.82. The number of aryl methyl sites for hydroxylation is 1. The summed E-state index contributed by atoms with van der Waals surface area (Å²) in [4.78, 5) is 0. The molecule has 42 valence electrons. The van der Waals surface area contributed by atoms with Gasteiger partial charge in [-0.15, -0.1) is 18.5 Å². The second kappa shape index (κ2) is 5.33. The molecular weight excluding hydrogens is 177 g/mol. The van der Waals surface area contributed by atoms with Gasteiger partial charge in [-0.05, 0) is 6.26 Å². The van der Waals surface area contributed by atoms with Gasteiger partial charge in [0.2, 0.25) is 0 Å². The van der Waals surface area contributed by atoms with Crippen molar-refractivity contribution in [2.75, 3.05) is 0 Å². The Morgan fingerprint density at radius 3 is 2.38 bits per heavy atom. The Morgan fingerprint density at radius 2 is 2.25 bits per heavy atom. The van der Waals surface area contributed by atoms with Crippen LogP contribution < -0.4 is 0 Å². The fraction of sp³-hybridized carbons (Fsp3) is 0.200. The Morgan fingerprint density at radius 1 is 1.62 bits per heavy atom. The third kappa shape index (κ3) is 3.23. The zero-order chi connectivity index (χ0) is 4.41. The molecule has 1 nitrogen and oxygen atoms in total. The van der Waals surface area contributed by atoms with Gasteiger partial charge in [-0.25, -0.2) is 0 Å². The number of furan rings is 1. The normalized spacial score (nSPS) is 6.62. The van der Waals surface area contributed by atoms with Gasteiger partial charge in [-0.3, -0.25) is 0 Å². The van der Waals surface area contributed by atoms with Crippen LogP contribution in [0.4, 0.5) is 0 Å². The molecule has 0 aliphatic rings. The van der Waals surface area contributed by atoms with Gasteiger partial charge in [0.05, 0.1) is 0 Å². The molecule has 1 aromatic rings. The predicted molar refractivity (Wildman–Crippen MR) is 29.5 cm³/mol. The van der Waals surface area contributed by atoms with E-state index in [4.69, 9.17) is 4.42 Å². The van der Waals surface area contributed by atoms with Crippen molar-refractivity contribution in [1.82, 2.24) is 0 Å². The minimum atomic E-state index is 0. The number of rotatable bonds is 0. The van der Waals surface area contributed by atoms with Gasteiger partial charge >= 0.3 is 0 Å². The summed E-state index contributed by atoms with van der Waals surface area (Å²) in [7, 11) is 0. The third-order valence-corrected chi connectivity index (χ3v) is 0.606. The van der Waals surface area contributed by atoms with Crippen LogP contribution in [0, 0.1) is 13.2 Å². The van der Waals surface area contributed by atoms with Crippen molar-refractivity contribution in [3.8, 4) is 0 Å². The van der Waals surface area contributed by atoms with Crippen LogP contribution in [-0.2, 0) is 19.5 Å². The molecule has 0 saturated heterocycles. The maximum Gasteiger partial charge on any atom is 0 e. The van der Waals surface area contributed by atoms with Crippen LogP contribution in [0.15, 0.2) is 16.5 Å². The molecule has 0 bridgehead atoms. The van der Waals surface area contributed by atoms with Crippen LogP contribution in [-0.4, -0.2) is 0 Å². The van der Waals surface area contributed by atoms with E-state index in [1.807, 2.05) is 13.0 Å². The minimum Gasteiger partial charge on any atom is -0.596 e. The summed E-state index contributed by atoms with van der Waals surface area (Å²) in [5.74, 6) is 0.912. The molecule has 0 aliphatic carbocycles. The van der Waals surface area contributed by atoms with Gasteiger partial charge in [0.25, 0.3) is 0 Å². The summed E-state index contributed by atoms with van der Waals surface area (Å²) in [6.07, 6.45) is 2.55. The molecule has 1 aromatic heterocycles. The molecule has 0 saturated carbocycles. The van der Waals surface area contributed by atoms with Crippen molar-refractivity contribution < 1.29 is 23.9 Å². The number of halogens is 1. The zero-order valence-corrected chi connectivity index (χ0v) is 8.46. The average Bonchev–Trinajstić information content (AvgIpc) is 1.86. The van der Waals surface area contributed by atoms with Crippen LogP contribution in [0.1, 0.15) is 5.76 Å². The van der Waals surface area contributed by atoms with Crippen molar-refractivity contribution in [1.29, 1.82) is 0 Å². The van der Waals surface area contributed by atoms with Crippen LogP contribution in [0.5, 0.6) is 0 Å². The maximum atomic E-state index is 4.71. The molecule has 0 aliphatic heterocycles. The van der Waals surface area contributed by atoms with E-state index < -0.39 is 0 Å². The summed E-state index contributed by atoms with van der Waals surface area (Å²) < 4.78 is 4.71. The van der Waals surface area contributed by atoms with E-state index in [2.05, 4.69) is 6.26 Å². The average molecular weight is 183 g/mol. The van der Waals surface area contributed by atoms with E-state index in [-0.39, 0.29) is 31.9 Å². The van der Waals surface area contributed by atoms with Crippen LogP contribution in [0.25, 0.3) is 0 Å². The Bertz CT molecular complexity index is 116. The van der Waals surface area contributed by atoms with Gasteiger partial charge in [-0.2, -0.15) is 6.07 Å². The van der Waals surface area contributed by atoms with Gasteiger partial charge < -0.3 is 4.42 Å². The van der Waals surface area contributed by atoms with Crippen molar-refractivity contribution in [2.24, 2.45) is 0 Å². The van der Waals surface area contributed by atoms with E-state index in [1.165, 1.54) is 0 Å². The van der Waals surface area contributed by atoms with Gasteiger partial charge in [-0.1, -0.05) is 12.7 Å². The van der Waals surface area contributed by atoms with E-state index in [1.54, 1.807) is 6.07 Å². The molecule has 8 heavy (non-hydrogen) atoms. The maximum absolute atomic E-state index is 4.71. The van der Waals surface area contributed by atoms with Crippen molar-refractivity contribution in [2.45, 2.75) is 6.92 Å². The van der Waals surface area contributed by atoms with Gasteiger partial charge in [0.1, 0.15) is 0 Å². The van der Waals surface area contributed by atoms with Crippen molar-refractivity contribution in [3.63, 3.8) is 0 Å². The largest absolute Gasteiger partial charge is 0.596 e. The van der Waals surface area contributed by atoms with E-state index >= 15 is 0 Å². The summed E-state index contributed by atoms with van der Waals surface area (Å²) in [6, 6.07) is 3.61. The Kier molecular flexibility index (Phi) is 7.37. The molecule has 0 unspecified atom stereocenters. The Labute approximate surface area is 67.6 Å². The first-order valence-corrected chi connectivity index (χ1v) is 1.82. The van der Waals surface area contributed by atoms with Crippen LogP contribution in [0.2, 0.25) is 0 Å². The Balaban J connectivity index is 0. The molecule has 0 N–H and O–H groups in total. The quantitative estimate of drug-likeness (QED) is 0.441. The molecule has 0 fully saturated rings. The van der Waals surface area contributed by atoms with Crippen LogP contribution >= 0.6 is 12.4 Å². The molecule has 1 rings (SSSR count). The molecule has 0 amide bonds. The molecular formula is C5H6ClOZn-. The first-order chi connectivity index (χ1) is 2.89.